The highest BCUT2D eigenvalue weighted by Gasteiger charge is 2.58. The number of fused-ring (bicyclic) bond motifs is 1. The van der Waals surface area contributed by atoms with Crippen LogP contribution in [0.25, 0.3) is 0 Å². The van der Waals surface area contributed by atoms with Crippen molar-refractivity contribution in [3.8, 4) is 0 Å². The summed E-state index contributed by atoms with van der Waals surface area (Å²) in [5.41, 5.74) is 0.569. The molecule has 1 saturated carbocycles. The van der Waals surface area contributed by atoms with Crippen molar-refractivity contribution in [2.24, 2.45) is 22.7 Å². The van der Waals surface area contributed by atoms with Crippen LogP contribution in [0.3, 0.4) is 0 Å². The first-order valence-electron chi connectivity index (χ1n) is 7.27. The van der Waals surface area contributed by atoms with Gasteiger partial charge in [0.05, 0.1) is 12.2 Å². The highest BCUT2D eigenvalue weighted by Crippen LogP contribution is 2.54. The topological polar surface area (TPSA) is 18.5 Å². The van der Waals surface area contributed by atoms with Crippen molar-refractivity contribution in [1.29, 1.82) is 0 Å². The lowest BCUT2D eigenvalue weighted by molar-refractivity contribution is -0.169. The largest absolute Gasteiger partial charge is 0.344 e. The Kier molecular flexibility index (Phi) is 3.15. The Morgan fingerprint density at radius 3 is 1.39 bits per heavy atom. The van der Waals surface area contributed by atoms with Crippen LogP contribution in [0.15, 0.2) is 0 Å². The second kappa shape index (κ2) is 3.96. The molecule has 2 aliphatic rings. The number of ether oxygens (including phenoxy) is 2. The van der Waals surface area contributed by atoms with Gasteiger partial charge in [0.2, 0.25) is 0 Å². The van der Waals surface area contributed by atoms with Gasteiger partial charge in [-0.25, -0.2) is 0 Å². The molecule has 0 aromatic rings. The van der Waals surface area contributed by atoms with E-state index in [1.165, 1.54) is 6.42 Å². The first kappa shape index (κ1) is 14.3. The summed E-state index contributed by atoms with van der Waals surface area (Å²) in [7, 11) is 0. The second-order valence-electron chi connectivity index (χ2n) is 8.75. The van der Waals surface area contributed by atoms with Crippen molar-refractivity contribution in [3.05, 3.63) is 0 Å². The van der Waals surface area contributed by atoms with E-state index >= 15 is 0 Å². The first-order valence-corrected chi connectivity index (χ1v) is 7.27. The van der Waals surface area contributed by atoms with Gasteiger partial charge in [0, 0.05) is 0 Å². The van der Waals surface area contributed by atoms with Crippen LogP contribution in [-0.4, -0.2) is 18.0 Å². The molecule has 4 atom stereocenters. The molecule has 1 aliphatic heterocycles. The number of hydrogen-bond donors (Lipinski definition) is 0. The summed E-state index contributed by atoms with van der Waals surface area (Å²) in [6.45, 7) is 18.1. The average Bonchev–Trinajstić information content (AvgIpc) is 2.52. The van der Waals surface area contributed by atoms with E-state index in [4.69, 9.17) is 9.47 Å². The van der Waals surface area contributed by atoms with E-state index in [0.717, 1.165) is 0 Å². The SMILES string of the molecule is CC1(C)OC2C(O1)C(C(C)(C)C)CC2C(C)(C)C. The summed E-state index contributed by atoms with van der Waals surface area (Å²) in [6.07, 6.45) is 1.76. The first-order chi connectivity index (χ1) is 7.92. The molecule has 106 valence electrons. The van der Waals surface area contributed by atoms with Crippen LogP contribution in [-0.2, 0) is 9.47 Å². The molecule has 0 aromatic carbocycles. The van der Waals surface area contributed by atoms with Crippen molar-refractivity contribution in [1.82, 2.24) is 0 Å². The van der Waals surface area contributed by atoms with E-state index in [1.54, 1.807) is 0 Å². The van der Waals surface area contributed by atoms with Gasteiger partial charge in [0.15, 0.2) is 5.79 Å². The van der Waals surface area contributed by atoms with Gasteiger partial charge in [-0.05, 0) is 42.9 Å². The molecule has 0 amide bonds. The van der Waals surface area contributed by atoms with Gasteiger partial charge in [-0.3, -0.25) is 0 Å². The normalized spacial score (nSPS) is 40.0. The van der Waals surface area contributed by atoms with Crippen molar-refractivity contribution in [2.45, 2.75) is 79.8 Å². The molecule has 0 spiro atoms. The molecule has 2 nitrogen and oxygen atoms in total. The van der Waals surface area contributed by atoms with Gasteiger partial charge >= 0.3 is 0 Å². The van der Waals surface area contributed by atoms with Gasteiger partial charge < -0.3 is 9.47 Å². The average molecular weight is 254 g/mol. The minimum absolute atomic E-state index is 0.268. The molecule has 2 fully saturated rings. The quantitative estimate of drug-likeness (QED) is 0.644. The highest BCUT2D eigenvalue weighted by atomic mass is 16.8. The molecule has 4 unspecified atom stereocenters. The van der Waals surface area contributed by atoms with Crippen molar-refractivity contribution < 1.29 is 9.47 Å². The molecular formula is C16H30O2. The molecule has 1 heterocycles. The van der Waals surface area contributed by atoms with Gasteiger partial charge in [-0.2, -0.15) is 0 Å². The van der Waals surface area contributed by atoms with Gasteiger partial charge in [0.1, 0.15) is 0 Å². The Balaban J connectivity index is 2.29. The highest BCUT2D eigenvalue weighted by molar-refractivity contribution is 5.04. The maximum Gasteiger partial charge on any atom is 0.163 e. The third-order valence-electron chi connectivity index (χ3n) is 4.69. The third-order valence-corrected chi connectivity index (χ3v) is 4.69. The predicted octanol–water partition coefficient (Wildman–Crippen LogP) is 4.23. The fraction of sp³-hybridized carbons (Fsp3) is 1.00. The molecular weight excluding hydrogens is 224 g/mol. The lowest BCUT2D eigenvalue weighted by Crippen LogP contribution is -2.34. The second-order valence-corrected chi connectivity index (χ2v) is 8.75. The van der Waals surface area contributed by atoms with E-state index < -0.39 is 5.79 Å². The molecule has 0 N–H and O–H groups in total. The number of hydrogen-bond acceptors (Lipinski definition) is 2. The molecule has 1 saturated heterocycles. The van der Waals surface area contributed by atoms with Crippen LogP contribution in [0.4, 0.5) is 0 Å². The minimum atomic E-state index is -0.414. The minimum Gasteiger partial charge on any atom is -0.344 e. The fourth-order valence-corrected chi connectivity index (χ4v) is 3.67. The van der Waals surface area contributed by atoms with E-state index in [1.807, 2.05) is 13.8 Å². The molecule has 2 rings (SSSR count). The Morgan fingerprint density at radius 1 is 0.778 bits per heavy atom. The van der Waals surface area contributed by atoms with Crippen LogP contribution in [0.2, 0.25) is 0 Å². The zero-order valence-electron chi connectivity index (χ0n) is 13.3. The lowest BCUT2D eigenvalue weighted by Gasteiger charge is -2.34. The Bertz CT molecular complexity index is 289. The molecule has 0 bridgehead atoms. The lowest BCUT2D eigenvalue weighted by atomic mass is 9.74. The molecule has 1 aliphatic carbocycles. The molecule has 0 radical (unpaired) electrons. The monoisotopic (exact) mass is 254 g/mol. The Hall–Kier alpha value is -0.0800. The predicted molar refractivity (Wildman–Crippen MR) is 74.3 cm³/mol. The standard InChI is InChI=1S/C16H30O2/c1-14(2,3)10-9-11(15(4,5)6)13-12(10)17-16(7,8)18-13/h10-13H,9H2,1-8H3. The molecule has 2 heteroatoms. The summed E-state index contributed by atoms with van der Waals surface area (Å²) in [5.74, 6) is 0.768. The van der Waals surface area contributed by atoms with Crippen molar-refractivity contribution >= 4 is 0 Å². The summed E-state index contributed by atoms with van der Waals surface area (Å²) >= 11 is 0. The van der Waals surface area contributed by atoms with Crippen LogP contribution >= 0.6 is 0 Å². The smallest absolute Gasteiger partial charge is 0.163 e. The molecule has 0 aromatic heterocycles. The van der Waals surface area contributed by atoms with Gasteiger partial charge in [-0.15, -0.1) is 0 Å². The maximum absolute atomic E-state index is 6.22. The molecule has 18 heavy (non-hydrogen) atoms. The van der Waals surface area contributed by atoms with Gasteiger partial charge in [-0.1, -0.05) is 41.5 Å². The Morgan fingerprint density at radius 2 is 1.11 bits per heavy atom. The van der Waals surface area contributed by atoms with Crippen molar-refractivity contribution in [3.63, 3.8) is 0 Å². The third kappa shape index (κ3) is 2.46. The summed E-state index contributed by atoms with van der Waals surface area (Å²) in [4.78, 5) is 0. The van der Waals surface area contributed by atoms with Crippen LogP contribution in [0, 0.1) is 22.7 Å². The zero-order valence-corrected chi connectivity index (χ0v) is 13.3. The van der Waals surface area contributed by atoms with E-state index in [2.05, 4.69) is 41.5 Å². The fourth-order valence-electron chi connectivity index (χ4n) is 3.67. The van der Waals surface area contributed by atoms with Crippen LogP contribution in [0.5, 0.6) is 0 Å². The maximum atomic E-state index is 6.22. The van der Waals surface area contributed by atoms with E-state index in [0.29, 0.717) is 11.8 Å². The summed E-state index contributed by atoms with van der Waals surface area (Å²) < 4.78 is 12.4. The number of rotatable bonds is 0. The van der Waals surface area contributed by atoms with Crippen LogP contribution in [0.1, 0.15) is 61.8 Å². The van der Waals surface area contributed by atoms with E-state index in [9.17, 15) is 0 Å². The van der Waals surface area contributed by atoms with Gasteiger partial charge in [0.25, 0.3) is 0 Å². The summed E-state index contributed by atoms with van der Waals surface area (Å²) in [6, 6.07) is 0. The zero-order chi connectivity index (χ0) is 13.9. The van der Waals surface area contributed by atoms with E-state index in [-0.39, 0.29) is 23.0 Å². The summed E-state index contributed by atoms with van der Waals surface area (Å²) in [5, 5.41) is 0. The Labute approximate surface area is 112 Å². The van der Waals surface area contributed by atoms with Crippen molar-refractivity contribution in [2.75, 3.05) is 0 Å². The van der Waals surface area contributed by atoms with Crippen LogP contribution < -0.4 is 0 Å².